The molecule has 6 nitrogen and oxygen atoms in total. The largest absolute Gasteiger partial charge is 0.465 e. The number of nitrogens with zero attached hydrogens (tertiary/aromatic N) is 1. The predicted octanol–water partition coefficient (Wildman–Crippen LogP) is 3.20. The second-order valence-electron chi connectivity index (χ2n) is 4.79. The monoisotopic (exact) mass is 429 g/mol. The van der Waals surface area contributed by atoms with E-state index in [1.54, 1.807) is 0 Å². The average Bonchev–Trinajstić information content (AvgIpc) is 2.52. The summed E-state index contributed by atoms with van der Waals surface area (Å²) in [5.41, 5.74) is -3.13. The number of rotatable bonds is 3. The Labute approximate surface area is 154 Å². The normalized spacial score (nSPS) is 12.1. The van der Waals surface area contributed by atoms with Gasteiger partial charge in [0.2, 0.25) is 0 Å². The van der Waals surface area contributed by atoms with Crippen molar-refractivity contribution in [1.82, 2.24) is 3.97 Å². The van der Waals surface area contributed by atoms with E-state index in [1.165, 1.54) is 0 Å². The van der Waals surface area contributed by atoms with E-state index in [4.69, 9.17) is 23.2 Å². The van der Waals surface area contributed by atoms with E-state index in [2.05, 4.69) is 4.74 Å². The summed E-state index contributed by atoms with van der Waals surface area (Å²) in [6, 6.07) is 2.83. The zero-order chi connectivity index (χ0) is 19.9. The first kappa shape index (κ1) is 20.3. The number of alkyl halides is 3. The zero-order valence-corrected chi connectivity index (χ0v) is 15.0. The number of esters is 1. The van der Waals surface area contributed by atoms with Gasteiger partial charge in [-0.3, -0.25) is 4.79 Å². The molecule has 0 aliphatic heterocycles. The summed E-state index contributed by atoms with van der Waals surface area (Å²) in [5.74, 6) is -1.09. The molecular weight excluding hydrogens is 422 g/mol. The summed E-state index contributed by atoms with van der Waals surface area (Å²) in [4.78, 5) is 22.9. The lowest BCUT2D eigenvalue weighted by Crippen LogP contribution is -2.31. The maximum atomic E-state index is 12.8. The van der Waals surface area contributed by atoms with Gasteiger partial charge in [0.1, 0.15) is 10.5 Å². The minimum absolute atomic E-state index is 0.139. The van der Waals surface area contributed by atoms with Gasteiger partial charge in [-0.05, 0) is 24.3 Å². The summed E-state index contributed by atoms with van der Waals surface area (Å²) in [6.45, 7) is 0. The van der Waals surface area contributed by atoms with Gasteiger partial charge < -0.3 is 4.74 Å². The van der Waals surface area contributed by atoms with Crippen molar-refractivity contribution in [2.75, 3.05) is 7.11 Å². The molecule has 0 amide bonds. The van der Waals surface area contributed by atoms with Crippen molar-refractivity contribution in [1.29, 1.82) is 0 Å². The van der Waals surface area contributed by atoms with Crippen molar-refractivity contribution in [3.05, 3.63) is 62.0 Å². The van der Waals surface area contributed by atoms with Crippen LogP contribution >= 0.6 is 23.2 Å². The van der Waals surface area contributed by atoms with Crippen molar-refractivity contribution in [2.45, 2.75) is 11.1 Å². The van der Waals surface area contributed by atoms with Crippen LogP contribution in [0.2, 0.25) is 10.0 Å². The first-order valence-electron chi connectivity index (χ1n) is 6.53. The third-order valence-electron chi connectivity index (χ3n) is 3.16. The molecule has 2 aromatic rings. The number of ether oxygens (including phenoxy) is 1. The van der Waals surface area contributed by atoms with Crippen LogP contribution < -0.4 is 5.56 Å². The fourth-order valence-corrected chi connectivity index (χ4v) is 4.42. The van der Waals surface area contributed by atoms with Crippen molar-refractivity contribution < 1.29 is 31.1 Å². The lowest BCUT2D eigenvalue weighted by Gasteiger charge is -2.14. The molecule has 26 heavy (non-hydrogen) atoms. The van der Waals surface area contributed by atoms with E-state index in [0.717, 1.165) is 25.4 Å². The van der Waals surface area contributed by atoms with Crippen molar-refractivity contribution in [3.8, 4) is 0 Å². The number of aromatic nitrogens is 1. The van der Waals surface area contributed by atoms with Gasteiger partial charge >= 0.3 is 12.1 Å². The lowest BCUT2D eigenvalue weighted by atomic mass is 10.2. The van der Waals surface area contributed by atoms with Gasteiger partial charge in [-0.1, -0.05) is 23.2 Å². The Kier molecular flexibility index (Phi) is 5.41. The number of benzene rings is 1. The molecule has 0 bridgehead atoms. The van der Waals surface area contributed by atoms with Crippen LogP contribution in [0.25, 0.3) is 0 Å². The smallest absolute Gasteiger partial charge is 0.416 e. The molecule has 0 spiro atoms. The van der Waals surface area contributed by atoms with Crippen LogP contribution in [0.3, 0.4) is 0 Å². The minimum atomic E-state index is -4.81. The molecule has 0 aliphatic carbocycles. The van der Waals surface area contributed by atoms with Gasteiger partial charge in [-0.25, -0.2) is 17.2 Å². The molecule has 12 heteroatoms. The van der Waals surface area contributed by atoms with Gasteiger partial charge in [0.25, 0.3) is 15.6 Å². The SMILES string of the molecule is COC(=O)c1cccn(S(=O)(=O)c2c(Cl)cc(C(F)(F)F)cc2Cl)c1=O. The molecule has 0 fully saturated rings. The van der Waals surface area contributed by atoms with Crippen LogP contribution in [0, 0.1) is 0 Å². The Morgan fingerprint density at radius 3 is 2.19 bits per heavy atom. The highest BCUT2D eigenvalue weighted by molar-refractivity contribution is 7.90. The van der Waals surface area contributed by atoms with E-state index in [-0.39, 0.29) is 3.97 Å². The minimum Gasteiger partial charge on any atom is -0.465 e. The molecular formula is C14H8Cl2F3NO5S. The second-order valence-corrected chi connectivity index (χ2v) is 7.35. The third kappa shape index (κ3) is 3.57. The third-order valence-corrected chi connectivity index (χ3v) is 5.74. The molecule has 0 saturated heterocycles. The maximum Gasteiger partial charge on any atom is 0.416 e. The summed E-state index contributed by atoms with van der Waals surface area (Å²) in [7, 11) is -3.81. The number of hydrogen-bond donors (Lipinski definition) is 0. The fraction of sp³-hybridized carbons (Fsp3) is 0.143. The number of hydrogen-bond acceptors (Lipinski definition) is 5. The van der Waals surface area contributed by atoms with Gasteiger partial charge in [0, 0.05) is 6.20 Å². The Morgan fingerprint density at radius 2 is 1.73 bits per heavy atom. The molecule has 0 N–H and O–H groups in total. The predicted molar refractivity (Wildman–Crippen MR) is 86.1 cm³/mol. The Bertz CT molecular complexity index is 1020. The van der Waals surface area contributed by atoms with Crippen LogP contribution in [0.4, 0.5) is 13.2 Å². The van der Waals surface area contributed by atoms with Gasteiger partial charge in [0.15, 0.2) is 0 Å². The number of pyridine rings is 1. The quantitative estimate of drug-likeness (QED) is 0.699. The first-order chi connectivity index (χ1) is 11.9. The highest BCUT2D eigenvalue weighted by Gasteiger charge is 2.34. The number of methoxy groups -OCH3 is 1. The molecule has 1 aromatic heterocycles. The molecule has 2 rings (SSSR count). The van der Waals surface area contributed by atoms with E-state index >= 15 is 0 Å². The van der Waals surface area contributed by atoms with Gasteiger partial charge in [-0.2, -0.15) is 13.2 Å². The van der Waals surface area contributed by atoms with Crippen LogP contribution in [0.15, 0.2) is 40.2 Å². The first-order valence-corrected chi connectivity index (χ1v) is 8.72. The van der Waals surface area contributed by atoms with Crippen LogP contribution in [0.1, 0.15) is 15.9 Å². The van der Waals surface area contributed by atoms with Crippen molar-refractivity contribution in [3.63, 3.8) is 0 Å². The maximum absolute atomic E-state index is 12.8. The standard InChI is InChI=1S/C14H8Cl2F3NO5S/c1-25-13(22)8-3-2-4-20(12(8)21)26(23,24)11-9(15)5-7(6-10(11)16)14(17,18)19/h2-6H,1H3. The number of carbonyl (C=O) groups excluding carboxylic acids is 1. The molecule has 1 aromatic carbocycles. The Hall–Kier alpha value is -2.04. The van der Waals surface area contributed by atoms with Crippen molar-refractivity contribution >= 4 is 39.2 Å². The molecule has 0 atom stereocenters. The summed E-state index contributed by atoms with van der Waals surface area (Å²) < 4.78 is 68.2. The summed E-state index contributed by atoms with van der Waals surface area (Å²) >= 11 is 11.4. The molecule has 140 valence electrons. The summed E-state index contributed by atoms with van der Waals surface area (Å²) in [5, 5.41) is -1.67. The van der Waals surface area contributed by atoms with E-state index in [9.17, 15) is 31.2 Å². The average molecular weight is 430 g/mol. The Morgan fingerprint density at radius 1 is 1.19 bits per heavy atom. The Balaban J connectivity index is 2.74. The lowest BCUT2D eigenvalue weighted by molar-refractivity contribution is -0.137. The molecule has 0 saturated carbocycles. The van der Waals surface area contributed by atoms with Crippen LogP contribution in [0.5, 0.6) is 0 Å². The second kappa shape index (κ2) is 6.93. The fourth-order valence-electron chi connectivity index (χ4n) is 2.00. The van der Waals surface area contributed by atoms with Gasteiger partial charge in [-0.15, -0.1) is 0 Å². The topological polar surface area (TPSA) is 82.4 Å². The van der Waals surface area contributed by atoms with Crippen LogP contribution in [-0.2, 0) is 20.9 Å². The van der Waals surface area contributed by atoms with Crippen molar-refractivity contribution in [2.24, 2.45) is 0 Å². The highest BCUT2D eigenvalue weighted by atomic mass is 35.5. The molecule has 0 radical (unpaired) electrons. The highest BCUT2D eigenvalue weighted by Crippen LogP contribution is 2.38. The number of carbonyl (C=O) groups is 1. The van der Waals surface area contributed by atoms with E-state index in [0.29, 0.717) is 12.1 Å². The van der Waals surface area contributed by atoms with Gasteiger partial charge in [0.05, 0.1) is 22.7 Å². The zero-order valence-electron chi connectivity index (χ0n) is 12.7. The van der Waals surface area contributed by atoms with E-state index in [1.807, 2.05) is 0 Å². The number of halogens is 5. The van der Waals surface area contributed by atoms with E-state index < -0.39 is 53.8 Å². The van der Waals surface area contributed by atoms with Crippen LogP contribution in [-0.4, -0.2) is 25.5 Å². The molecule has 0 unspecified atom stereocenters. The summed E-state index contributed by atoms with van der Waals surface area (Å²) in [6.07, 6.45) is -4.01. The molecule has 1 heterocycles. The molecule has 0 aliphatic rings.